The van der Waals surface area contributed by atoms with Crippen molar-refractivity contribution in [3.8, 4) is 0 Å². The van der Waals surface area contributed by atoms with Gasteiger partial charge in [-0.05, 0) is 32.4 Å². The molecule has 0 rings (SSSR count). The molecular weight excluding hydrogens is 270 g/mol. The fraction of sp³-hybridized carbons (Fsp3) is 1.00. The maximum atomic E-state index is 8.70. The van der Waals surface area contributed by atoms with Crippen LogP contribution in [0.2, 0.25) is 0 Å². The molecule has 0 heterocycles. The number of aliphatic hydroxyl groups is 1. The van der Waals surface area contributed by atoms with Crippen molar-refractivity contribution in [2.45, 2.75) is 110 Å². The highest BCUT2D eigenvalue weighted by atomic mass is 16.2. The predicted octanol–water partition coefficient (Wildman–Crippen LogP) is 5.83. The number of hydrogen-bond donors (Lipinski definition) is 2. The topological polar surface area (TPSA) is 32.3 Å². The molecule has 0 amide bonds. The van der Waals surface area contributed by atoms with Crippen LogP contribution < -0.4 is 5.32 Å². The van der Waals surface area contributed by atoms with Crippen LogP contribution in [-0.2, 0) is 0 Å². The van der Waals surface area contributed by atoms with Crippen molar-refractivity contribution in [1.29, 1.82) is 0 Å². The molecule has 0 saturated heterocycles. The lowest BCUT2D eigenvalue weighted by Crippen LogP contribution is -2.16. The summed E-state index contributed by atoms with van der Waals surface area (Å²) < 4.78 is 0. The fourth-order valence-corrected chi connectivity index (χ4v) is 2.91. The van der Waals surface area contributed by atoms with Crippen molar-refractivity contribution in [1.82, 2.24) is 5.32 Å². The summed E-state index contributed by atoms with van der Waals surface area (Å²) in [7, 11) is 0. The lowest BCUT2D eigenvalue weighted by Gasteiger charge is -2.04. The van der Waals surface area contributed by atoms with Crippen LogP contribution in [0, 0.1) is 0 Å². The minimum atomic E-state index is 0.370. The van der Waals surface area contributed by atoms with Gasteiger partial charge in [-0.15, -0.1) is 0 Å². The van der Waals surface area contributed by atoms with E-state index in [1.54, 1.807) is 0 Å². The molecule has 2 nitrogen and oxygen atoms in total. The number of aliphatic hydroxyl groups excluding tert-OH is 1. The van der Waals surface area contributed by atoms with Crippen molar-refractivity contribution in [3.05, 3.63) is 0 Å². The average molecular weight is 314 g/mol. The summed E-state index contributed by atoms with van der Waals surface area (Å²) in [5.41, 5.74) is 0. The Morgan fingerprint density at radius 1 is 0.500 bits per heavy atom. The van der Waals surface area contributed by atoms with Crippen molar-refractivity contribution in [2.24, 2.45) is 0 Å². The molecular formula is C20H43NO. The minimum absolute atomic E-state index is 0.370. The summed E-state index contributed by atoms with van der Waals surface area (Å²) in [6.07, 6.45) is 21.7. The molecule has 0 bridgehead atoms. The molecule has 2 N–H and O–H groups in total. The molecule has 0 spiro atoms. The molecule has 0 fully saturated rings. The largest absolute Gasteiger partial charge is 0.396 e. The lowest BCUT2D eigenvalue weighted by molar-refractivity contribution is 0.282. The SMILES string of the molecule is CCCCNCCCCCCCCCCCCCCCCO. The quantitative estimate of drug-likeness (QED) is 0.294. The van der Waals surface area contributed by atoms with Gasteiger partial charge in [-0.1, -0.05) is 90.4 Å². The van der Waals surface area contributed by atoms with Gasteiger partial charge in [-0.25, -0.2) is 0 Å². The summed E-state index contributed by atoms with van der Waals surface area (Å²) in [6.45, 7) is 5.05. The van der Waals surface area contributed by atoms with E-state index in [0.717, 1.165) is 6.42 Å². The third kappa shape index (κ3) is 19.9. The number of nitrogens with one attached hydrogen (secondary N) is 1. The highest BCUT2D eigenvalue weighted by molar-refractivity contribution is 4.51. The second-order valence-corrected chi connectivity index (χ2v) is 6.78. The third-order valence-electron chi connectivity index (χ3n) is 4.47. The highest BCUT2D eigenvalue weighted by Crippen LogP contribution is 2.12. The first-order chi connectivity index (χ1) is 10.9. The summed E-state index contributed by atoms with van der Waals surface area (Å²) in [5.74, 6) is 0. The maximum absolute atomic E-state index is 8.70. The second-order valence-electron chi connectivity index (χ2n) is 6.78. The molecule has 2 heteroatoms. The Hall–Kier alpha value is -0.0800. The summed E-state index contributed by atoms with van der Waals surface area (Å²) in [4.78, 5) is 0. The Morgan fingerprint density at radius 3 is 1.27 bits per heavy atom. The third-order valence-corrected chi connectivity index (χ3v) is 4.47. The van der Waals surface area contributed by atoms with E-state index in [0.29, 0.717) is 6.61 Å². The zero-order valence-corrected chi connectivity index (χ0v) is 15.4. The Labute approximate surface area is 140 Å². The van der Waals surface area contributed by atoms with E-state index in [1.165, 1.54) is 109 Å². The zero-order chi connectivity index (χ0) is 16.1. The van der Waals surface area contributed by atoms with Crippen molar-refractivity contribution >= 4 is 0 Å². The summed E-state index contributed by atoms with van der Waals surface area (Å²) in [5, 5.41) is 12.2. The van der Waals surface area contributed by atoms with Crippen LogP contribution in [0.3, 0.4) is 0 Å². The number of rotatable bonds is 19. The Bertz CT molecular complexity index is 165. The molecule has 0 aliphatic carbocycles. The van der Waals surface area contributed by atoms with Crippen LogP contribution in [0.4, 0.5) is 0 Å². The van der Waals surface area contributed by atoms with Gasteiger partial charge in [0.2, 0.25) is 0 Å². The standard InChI is InChI=1S/C20H43NO/c1-2-3-18-21-19-16-14-12-10-8-6-4-5-7-9-11-13-15-17-20-22/h21-22H,2-20H2,1H3. The Morgan fingerprint density at radius 2 is 0.864 bits per heavy atom. The first kappa shape index (κ1) is 21.9. The molecule has 0 aromatic rings. The van der Waals surface area contributed by atoms with Crippen LogP contribution in [0.25, 0.3) is 0 Å². The molecule has 134 valence electrons. The van der Waals surface area contributed by atoms with Gasteiger partial charge in [-0.2, -0.15) is 0 Å². The van der Waals surface area contributed by atoms with Crippen molar-refractivity contribution in [3.63, 3.8) is 0 Å². The van der Waals surface area contributed by atoms with Gasteiger partial charge >= 0.3 is 0 Å². The van der Waals surface area contributed by atoms with E-state index >= 15 is 0 Å². The Balaban J connectivity index is 2.91. The zero-order valence-electron chi connectivity index (χ0n) is 15.4. The van der Waals surface area contributed by atoms with Crippen LogP contribution in [0.1, 0.15) is 110 Å². The Kier molecular flexibility index (Phi) is 20.8. The number of unbranched alkanes of at least 4 members (excludes halogenated alkanes) is 14. The first-order valence-corrected chi connectivity index (χ1v) is 10.2. The van der Waals surface area contributed by atoms with Crippen molar-refractivity contribution < 1.29 is 5.11 Å². The predicted molar refractivity (Wildman–Crippen MR) is 99.5 cm³/mol. The lowest BCUT2D eigenvalue weighted by atomic mass is 10.0. The molecule has 0 saturated carbocycles. The van der Waals surface area contributed by atoms with E-state index in [1.807, 2.05) is 0 Å². The van der Waals surface area contributed by atoms with Crippen LogP contribution in [0.15, 0.2) is 0 Å². The van der Waals surface area contributed by atoms with Gasteiger partial charge in [-0.3, -0.25) is 0 Å². The van der Waals surface area contributed by atoms with Gasteiger partial charge in [0.15, 0.2) is 0 Å². The van der Waals surface area contributed by atoms with Crippen LogP contribution >= 0.6 is 0 Å². The fourth-order valence-electron chi connectivity index (χ4n) is 2.91. The monoisotopic (exact) mass is 313 g/mol. The smallest absolute Gasteiger partial charge is 0.0431 e. The normalized spacial score (nSPS) is 11.2. The van der Waals surface area contributed by atoms with E-state index in [2.05, 4.69) is 12.2 Å². The highest BCUT2D eigenvalue weighted by Gasteiger charge is 1.94. The van der Waals surface area contributed by atoms with Crippen molar-refractivity contribution in [2.75, 3.05) is 19.7 Å². The van der Waals surface area contributed by atoms with E-state index in [9.17, 15) is 0 Å². The summed E-state index contributed by atoms with van der Waals surface area (Å²) in [6, 6.07) is 0. The number of hydrogen-bond acceptors (Lipinski definition) is 2. The van der Waals surface area contributed by atoms with Gasteiger partial charge in [0.25, 0.3) is 0 Å². The molecule has 0 unspecified atom stereocenters. The first-order valence-electron chi connectivity index (χ1n) is 10.2. The molecule has 0 aliphatic heterocycles. The molecule has 0 aromatic heterocycles. The molecule has 0 aromatic carbocycles. The molecule has 0 aliphatic rings. The van der Waals surface area contributed by atoms with Gasteiger partial charge in [0.1, 0.15) is 0 Å². The van der Waals surface area contributed by atoms with Gasteiger partial charge < -0.3 is 10.4 Å². The van der Waals surface area contributed by atoms with Gasteiger partial charge in [0, 0.05) is 6.61 Å². The summed E-state index contributed by atoms with van der Waals surface area (Å²) >= 11 is 0. The van der Waals surface area contributed by atoms with E-state index in [4.69, 9.17) is 5.11 Å². The molecule has 0 radical (unpaired) electrons. The second kappa shape index (κ2) is 20.9. The molecule has 22 heavy (non-hydrogen) atoms. The van der Waals surface area contributed by atoms with Gasteiger partial charge in [0.05, 0.1) is 0 Å². The molecule has 0 atom stereocenters. The minimum Gasteiger partial charge on any atom is -0.396 e. The van der Waals surface area contributed by atoms with Crippen LogP contribution in [0.5, 0.6) is 0 Å². The maximum Gasteiger partial charge on any atom is 0.0431 e. The van der Waals surface area contributed by atoms with E-state index < -0.39 is 0 Å². The van der Waals surface area contributed by atoms with E-state index in [-0.39, 0.29) is 0 Å². The van der Waals surface area contributed by atoms with Crippen LogP contribution in [-0.4, -0.2) is 24.8 Å². The average Bonchev–Trinajstić information content (AvgIpc) is 2.54.